The summed E-state index contributed by atoms with van der Waals surface area (Å²) in [5.74, 6) is -1.84. The molecule has 6 nitrogen and oxygen atoms in total. The van der Waals surface area contributed by atoms with Gasteiger partial charge in [0, 0.05) is 12.3 Å². The molecular formula is C24H30O6. The third-order valence-electron chi connectivity index (χ3n) is 8.18. The lowest BCUT2D eigenvalue weighted by Gasteiger charge is -2.58. The number of hydrogen-bond donors (Lipinski definition) is 3. The van der Waals surface area contributed by atoms with Crippen LogP contribution in [-0.2, 0) is 21.6 Å². The van der Waals surface area contributed by atoms with Crippen molar-refractivity contribution >= 4 is 11.9 Å². The Kier molecular flexibility index (Phi) is 4.96. The minimum absolute atomic E-state index is 0.0212. The number of aliphatic carboxylic acids is 2. The van der Waals surface area contributed by atoms with Crippen LogP contribution in [0.5, 0.6) is 5.75 Å². The second-order valence-electron chi connectivity index (χ2n) is 9.63. The van der Waals surface area contributed by atoms with Gasteiger partial charge < -0.3 is 20.1 Å². The predicted octanol–water partition coefficient (Wildman–Crippen LogP) is 3.61. The molecule has 1 aromatic carbocycles. The maximum Gasteiger partial charge on any atom is 0.303 e. The largest absolute Gasteiger partial charge is 0.497 e. The molecule has 30 heavy (non-hydrogen) atoms. The number of hydrogen-bond acceptors (Lipinski definition) is 4. The molecule has 0 aliphatic heterocycles. The Hall–Kier alpha value is -2.34. The maximum absolute atomic E-state index is 12.2. The normalized spacial score (nSPS) is 37.1. The molecule has 4 rings (SSSR count). The summed E-state index contributed by atoms with van der Waals surface area (Å²) in [4.78, 5) is 23.3. The van der Waals surface area contributed by atoms with Crippen molar-refractivity contribution in [2.75, 3.05) is 7.11 Å². The zero-order valence-corrected chi connectivity index (χ0v) is 17.6. The number of aliphatic hydroxyl groups is 1. The molecule has 3 aliphatic rings. The van der Waals surface area contributed by atoms with Gasteiger partial charge in [0.05, 0.1) is 19.1 Å². The molecule has 3 N–H and O–H groups in total. The van der Waals surface area contributed by atoms with Crippen LogP contribution in [0.4, 0.5) is 0 Å². The summed E-state index contributed by atoms with van der Waals surface area (Å²) in [6.45, 7) is 6.38. The lowest BCUT2D eigenvalue weighted by molar-refractivity contribution is -0.179. The summed E-state index contributed by atoms with van der Waals surface area (Å²) in [6.07, 6.45) is 2.47. The number of methoxy groups -OCH3 is 1. The van der Waals surface area contributed by atoms with Crippen molar-refractivity contribution in [1.82, 2.24) is 0 Å². The summed E-state index contributed by atoms with van der Waals surface area (Å²) in [6, 6.07) is 5.64. The molecule has 3 aliphatic carbocycles. The third-order valence-corrected chi connectivity index (χ3v) is 8.18. The fourth-order valence-electron chi connectivity index (χ4n) is 7.04. The molecule has 0 unspecified atom stereocenters. The molecule has 2 saturated carbocycles. The standard InChI is InChI=1S/C24H30O6/c1-13-8-15(10-20(25)26)23(2)12-16(11-21(27)28)24(29)18-7-5-17(30-3)9-14(18)4-6-19(24)22(13)23/h5,7,9,15-16,19,22,29H,1,4,6,8,10-12H2,2-3H3,(H,25,26)(H,27,28)/t15-,16+,19+,22-,23+,24-/m0/s1. The van der Waals surface area contributed by atoms with Crippen molar-refractivity contribution in [3.05, 3.63) is 41.5 Å². The monoisotopic (exact) mass is 414 g/mol. The SMILES string of the molecule is C=C1C[C@@H](CC(=O)O)[C@@]2(C)C[C@@H](CC(=O)O)[C@]3(O)c4ccc(OC)cc4CC[C@@H]3[C@H]12. The average Bonchev–Trinajstić information content (AvgIpc) is 2.90. The highest BCUT2D eigenvalue weighted by Gasteiger charge is 2.65. The highest BCUT2D eigenvalue weighted by atomic mass is 16.5. The summed E-state index contributed by atoms with van der Waals surface area (Å²) in [5, 5.41) is 31.3. The molecule has 0 aromatic heterocycles. The predicted molar refractivity (Wildman–Crippen MR) is 110 cm³/mol. The average molecular weight is 414 g/mol. The van der Waals surface area contributed by atoms with E-state index >= 15 is 0 Å². The van der Waals surface area contributed by atoms with Crippen LogP contribution in [0, 0.1) is 29.1 Å². The van der Waals surface area contributed by atoms with E-state index in [1.807, 2.05) is 18.2 Å². The molecule has 6 atom stereocenters. The van der Waals surface area contributed by atoms with Gasteiger partial charge in [0.1, 0.15) is 5.75 Å². The molecular weight excluding hydrogens is 384 g/mol. The van der Waals surface area contributed by atoms with Crippen LogP contribution < -0.4 is 4.74 Å². The summed E-state index contributed by atoms with van der Waals surface area (Å²) >= 11 is 0. The van der Waals surface area contributed by atoms with Crippen molar-refractivity contribution in [3.8, 4) is 5.75 Å². The van der Waals surface area contributed by atoms with Gasteiger partial charge in [-0.25, -0.2) is 0 Å². The third kappa shape index (κ3) is 2.96. The first-order valence-corrected chi connectivity index (χ1v) is 10.6. The Balaban J connectivity index is 1.84. The molecule has 0 heterocycles. The van der Waals surface area contributed by atoms with E-state index in [9.17, 15) is 24.9 Å². The van der Waals surface area contributed by atoms with Crippen molar-refractivity contribution in [1.29, 1.82) is 0 Å². The van der Waals surface area contributed by atoms with E-state index in [1.165, 1.54) is 0 Å². The highest BCUT2D eigenvalue weighted by molar-refractivity contribution is 5.68. The van der Waals surface area contributed by atoms with Crippen molar-refractivity contribution < 1.29 is 29.6 Å². The van der Waals surface area contributed by atoms with E-state index in [-0.39, 0.29) is 36.0 Å². The van der Waals surface area contributed by atoms with Gasteiger partial charge in [-0.3, -0.25) is 9.59 Å². The second-order valence-corrected chi connectivity index (χ2v) is 9.63. The molecule has 0 spiro atoms. The summed E-state index contributed by atoms with van der Waals surface area (Å²) < 4.78 is 5.35. The number of aryl methyl sites for hydroxylation is 1. The van der Waals surface area contributed by atoms with Crippen molar-refractivity contribution in [2.45, 2.75) is 51.0 Å². The van der Waals surface area contributed by atoms with Gasteiger partial charge in [0.2, 0.25) is 0 Å². The molecule has 1 aromatic rings. The fourth-order valence-corrected chi connectivity index (χ4v) is 7.04. The number of rotatable bonds is 5. The molecule has 0 amide bonds. The van der Waals surface area contributed by atoms with Gasteiger partial charge in [0.25, 0.3) is 0 Å². The number of carboxylic acids is 2. The number of carboxylic acid groups (broad SMARTS) is 2. The zero-order chi connectivity index (χ0) is 21.8. The molecule has 2 fully saturated rings. The van der Waals surface area contributed by atoms with Gasteiger partial charge in [-0.15, -0.1) is 0 Å². The van der Waals surface area contributed by atoms with Gasteiger partial charge >= 0.3 is 11.9 Å². The minimum Gasteiger partial charge on any atom is -0.497 e. The Morgan fingerprint density at radius 3 is 2.50 bits per heavy atom. The topological polar surface area (TPSA) is 104 Å². The molecule has 6 heteroatoms. The summed E-state index contributed by atoms with van der Waals surface area (Å²) in [5.41, 5.74) is 1.14. The van der Waals surface area contributed by atoms with Crippen LogP contribution in [0.3, 0.4) is 0 Å². The molecule has 0 radical (unpaired) electrons. The first-order valence-electron chi connectivity index (χ1n) is 10.6. The number of ether oxygens (including phenoxy) is 1. The first-order chi connectivity index (χ1) is 14.1. The van der Waals surface area contributed by atoms with Crippen molar-refractivity contribution in [2.24, 2.45) is 29.1 Å². The van der Waals surface area contributed by atoms with Gasteiger partial charge in [-0.1, -0.05) is 25.1 Å². The quantitative estimate of drug-likeness (QED) is 0.636. The molecule has 0 saturated heterocycles. The van der Waals surface area contributed by atoms with E-state index in [0.29, 0.717) is 19.3 Å². The fraction of sp³-hybridized carbons (Fsp3) is 0.583. The number of benzene rings is 1. The maximum atomic E-state index is 12.2. The van der Waals surface area contributed by atoms with E-state index < -0.39 is 23.5 Å². The lowest BCUT2D eigenvalue weighted by atomic mass is 9.47. The first kappa shape index (κ1) is 20.9. The Morgan fingerprint density at radius 1 is 1.20 bits per heavy atom. The number of fused-ring (bicyclic) bond motifs is 5. The number of allylic oxidation sites excluding steroid dienone is 1. The highest BCUT2D eigenvalue weighted by Crippen LogP contribution is 2.68. The van der Waals surface area contributed by atoms with E-state index in [1.54, 1.807) is 7.11 Å². The summed E-state index contributed by atoms with van der Waals surface area (Å²) in [7, 11) is 1.60. The Morgan fingerprint density at radius 2 is 1.87 bits per heavy atom. The van der Waals surface area contributed by atoms with Crippen LogP contribution >= 0.6 is 0 Å². The number of carbonyl (C=O) groups is 2. The van der Waals surface area contributed by atoms with Crippen molar-refractivity contribution in [3.63, 3.8) is 0 Å². The van der Waals surface area contributed by atoms with Gasteiger partial charge in [0.15, 0.2) is 0 Å². The van der Waals surface area contributed by atoms with Gasteiger partial charge in [-0.05, 0) is 72.1 Å². The van der Waals surface area contributed by atoms with Crippen LogP contribution in [0.2, 0.25) is 0 Å². The van der Waals surface area contributed by atoms with Crippen LogP contribution in [0.15, 0.2) is 30.4 Å². The van der Waals surface area contributed by atoms with Crippen LogP contribution in [-0.4, -0.2) is 34.4 Å². The van der Waals surface area contributed by atoms with E-state index in [0.717, 1.165) is 28.9 Å². The lowest BCUT2D eigenvalue weighted by Crippen LogP contribution is -2.57. The second kappa shape index (κ2) is 7.12. The Labute approximate surface area is 176 Å². The van der Waals surface area contributed by atoms with E-state index in [2.05, 4.69) is 13.5 Å². The molecule has 162 valence electrons. The van der Waals surface area contributed by atoms with Gasteiger partial charge in [-0.2, -0.15) is 0 Å². The van der Waals surface area contributed by atoms with E-state index in [4.69, 9.17) is 4.74 Å². The van der Waals surface area contributed by atoms with Crippen LogP contribution in [0.1, 0.15) is 50.2 Å². The minimum atomic E-state index is -1.27. The zero-order valence-electron chi connectivity index (χ0n) is 17.6. The van der Waals surface area contributed by atoms with Crippen LogP contribution in [0.25, 0.3) is 0 Å². The Bertz CT molecular complexity index is 907. The smallest absolute Gasteiger partial charge is 0.303 e. The molecule has 0 bridgehead atoms.